The van der Waals surface area contributed by atoms with Crippen LogP contribution in [0.4, 0.5) is 10.2 Å². The van der Waals surface area contributed by atoms with Crippen molar-refractivity contribution in [3.05, 3.63) is 82.7 Å². The smallest absolute Gasteiger partial charge is 0.305 e. The van der Waals surface area contributed by atoms with Crippen LogP contribution in [0.1, 0.15) is 58.8 Å². The fraction of sp³-hybridized carbons (Fsp3) is 0.280. The number of imidazole rings is 1. The molecule has 3 aromatic heterocycles. The second kappa shape index (κ2) is 8.13. The Labute approximate surface area is 200 Å². The minimum Gasteiger partial charge on any atom is -0.306 e. The third kappa shape index (κ3) is 3.75. The van der Waals surface area contributed by atoms with Crippen molar-refractivity contribution in [2.24, 2.45) is 0 Å². The van der Waals surface area contributed by atoms with Crippen LogP contribution in [0.25, 0.3) is 22.1 Å². The van der Waals surface area contributed by atoms with E-state index in [0.29, 0.717) is 41.5 Å². The molecule has 174 valence electrons. The van der Waals surface area contributed by atoms with Crippen LogP contribution in [0.3, 0.4) is 0 Å². The van der Waals surface area contributed by atoms with E-state index in [1.807, 2.05) is 10.8 Å². The lowest BCUT2D eigenvalue weighted by Gasteiger charge is -2.12. The van der Waals surface area contributed by atoms with Crippen LogP contribution in [0.5, 0.6) is 0 Å². The van der Waals surface area contributed by atoms with Crippen molar-refractivity contribution < 1.29 is 9.18 Å². The number of rotatable bonds is 5. The molecular formula is C25H21FN8O. The molecule has 1 fully saturated rings. The van der Waals surface area contributed by atoms with Gasteiger partial charge < -0.3 is 9.88 Å². The number of carbonyl (C=O) groups excluding carboxylic acids is 1. The molecule has 1 aromatic carbocycles. The molecular weight excluding hydrogens is 447 g/mol. The predicted octanol–water partition coefficient (Wildman–Crippen LogP) is 4.47. The molecule has 1 aliphatic carbocycles. The maximum atomic E-state index is 14.8. The number of anilines is 1. The zero-order valence-electron chi connectivity index (χ0n) is 18.9. The average Bonchev–Trinajstić information content (AvgIpc) is 3.25. The molecule has 0 bridgehead atoms. The van der Waals surface area contributed by atoms with Crippen molar-refractivity contribution >= 4 is 11.7 Å². The Morgan fingerprint density at radius 3 is 2.89 bits per heavy atom. The number of hydrogen-bond acceptors (Lipinski definition) is 5. The Morgan fingerprint density at radius 2 is 2.09 bits per heavy atom. The second-order valence-electron chi connectivity index (χ2n) is 8.92. The summed E-state index contributed by atoms with van der Waals surface area (Å²) in [5, 5.41) is 11.1. The van der Waals surface area contributed by atoms with Gasteiger partial charge in [0.15, 0.2) is 5.82 Å². The quantitative estimate of drug-likeness (QED) is 0.436. The molecule has 1 atom stereocenters. The van der Waals surface area contributed by atoms with Crippen molar-refractivity contribution in [2.45, 2.75) is 44.7 Å². The summed E-state index contributed by atoms with van der Waals surface area (Å²) in [5.41, 5.74) is 2.81. The second-order valence-corrected chi connectivity index (χ2v) is 8.92. The summed E-state index contributed by atoms with van der Waals surface area (Å²) in [5.74, 6) is 0.747. The third-order valence-electron chi connectivity index (χ3n) is 6.47. The molecule has 0 unspecified atom stereocenters. The molecule has 0 saturated heterocycles. The standard InChI is InChI=1S/C25H21FN8O/c1-14-10-17(26)16(11-20(14)33-12-19(28-13-33)15-6-7-15)25(35)30-21-5-3-4-18(29-21)24-32-31-23-9-8-22(27-2)34(23)24/h3-5,10-13,15,22H,6-9H2,1H3,(H,29,30,35)/t22-/m1/s1. The fourth-order valence-electron chi connectivity index (χ4n) is 4.48. The minimum absolute atomic E-state index is 0.0871. The molecule has 35 heavy (non-hydrogen) atoms. The number of hydrogen-bond donors (Lipinski definition) is 1. The summed E-state index contributed by atoms with van der Waals surface area (Å²) in [6.45, 7) is 9.23. The van der Waals surface area contributed by atoms with Crippen molar-refractivity contribution in [1.82, 2.24) is 29.3 Å². The summed E-state index contributed by atoms with van der Waals surface area (Å²) in [6.07, 6.45) is 6.92. The van der Waals surface area contributed by atoms with Gasteiger partial charge in [0.2, 0.25) is 0 Å². The number of nitrogens with zero attached hydrogens (tertiary/aromatic N) is 7. The van der Waals surface area contributed by atoms with Crippen LogP contribution in [-0.4, -0.2) is 35.2 Å². The normalized spacial score (nSPS) is 16.7. The van der Waals surface area contributed by atoms with Gasteiger partial charge in [0, 0.05) is 18.5 Å². The van der Waals surface area contributed by atoms with Crippen LogP contribution >= 0.6 is 0 Å². The lowest BCUT2D eigenvalue weighted by Crippen LogP contribution is -2.16. The summed E-state index contributed by atoms with van der Waals surface area (Å²) in [4.78, 5) is 25.6. The van der Waals surface area contributed by atoms with Crippen molar-refractivity contribution in [2.75, 3.05) is 5.32 Å². The molecule has 4 aromatic rings. The maximum Gasteiger partial charge on any atom is 0.305 e. The van der Waals surface area contributed by atoms with Gasteiger partial charge in [-0.25, -0.2) is 25.5 Å². The zero-order valence-corrected chi connectivity index (χ0v) is 18.9. The van der Waals surface area contributed by atoms with E-state index in [1.54, 1.807) is 36.0 Å². The Morgan fingerprint density at radius 1 is 1.23 bits per heavy atom. The molecule has 10 heteroatoms. The van der Waals surface area contributed by atoms with Gasteiger partial charge in [-0.05, 0) is 49.6 Å². The molecule has 1 aliphatic heterocycles. The molecule has 0 radical (unpaired) electrons. The van der Waals surface area contributed by atoms with Crippen LogP contribution in [0, 0.1) is 19.3 Å². The number of amides is 1. The number of pyridine rings is 1. The van der Waals surface area contributed by atoms with Gasteiger partial charge in [0.25, 0.3) is 5.91 Å². The summed E-state index contributed by atoms with van der Waals surface area (Å²) in [6, 6.07) is 7.99. The van der Waals surface area contributed by atoms with E-state index in [4.69, 9.17) is 6.57 Å². The van der Waals surface area contributed by atoms with Crippen molar-refractivity contribution in [1.29, 1.82) is 0 Å². The van der Waals surface area contributed by atoms with Gasteiger partial charge in [-0.1, -0.05) is 6.07 Å². The van der Waals surface area contributed by atoms with E-state index in [0.717, 1.165) is 24.4 Å². The molecule has 6 rings (SSSR count). The van der Waals surface area contributed by atoms with Gasteiger partial charge >= 0.3 is 6.17 Å². The maximum absolute atomic E-state index is 14.8. The lowest BCUT2D eigenvalue weighted by molar-refractivity contribution is 0.102. The number of aryl methyl sites for hydroxylation is 2. The molecule has 2 aliphatic rings. The first-order valence-corrected chi connectivity index (χ1v) is 11.5. The van der Waals surface area contributed by atoms with Crippen LogP contribution in [-0.2, 0) is 6.42 Å². The first-order chi connectivity index (χ1) is 17.0. The Balaban J connectivity index is 1.28. The summed E-state index contributed by atoms with van der Waals surface area (Å²) < 4.78 is 18.4. The number of nitrogens with one attached hydrogen (secondary N) is 1. The minimum atomic E-state index is -0.613. The number of carbonyl (C=O) groups is 1. The molecule has 1 N–H and O–H groups in total. The van der Waals surface area contributed by atoms with Crippen LogP contribution in [0.2, 0.25) is 0 Å². The van der Waals surface area contributed by atoms with Crippen LogP contribution in [0.15, 0.2) is 42.9 Å². The van der Waals surface area contributed by atoms with E-state index >= 15 is 0 Å². The van der Waals surface area contributed by atoms with E-state index in [9.17, 15) is 9.18 Å². The number of halogens is 1. The highest BCUT2D eigenvalue weighted by Gasteiger charge is 2.32. The molecule has 1 amide bonds. The highest BCUT2D eigenvalue weighted by molar-refractivity contribution is 6.04. The SMILES string of the molecule is [C-]#[N+][C@H]1CCc2nnc(-c3cccc(NC(=O)c4cc(-n5cnc(C6CC6)c5)c(C)cc4F)n3)n21. The fourth-order valence-corrected chi connectivity index (χ4v) is 4.48. The molecule has 9 nitrogen and oxygen atoms in total. The first-order valence-electron chi connectivity index (χ1n) is 11.5. The van der Waals surface area contributed by atoms with Crippen molar-refractivity contribution in [3.8, 4) is 17.2 Å². The van der Waals surface area contributed by atoms with Crippen molar-refractivity contribution in [3.63, 3.8) is 0 Å². The molecule has 4 heterocycles. The van der Waals surface area contributed by atoms with E-state index < -0.39 is 11.7 Å². The highest BCUT2D eigenvalue weighted by atomic mass is 19.1. The molecule has 0 spiro atoms. The van der Waals surface area contributed by atoms with Gasteiger partial charge in [0.1, 0.15) is 23.2 Å². The average molecular weight is 468 g/mol. The Hall–Kier alpha value is -4.39. The van der Waals surface area contributed by atoms with Gasteiger partial charge in [0.05, 0.1) is 29.7 Å². The molecule has 1 saturated carbocycles. The van der Waals surface area contributed by atoms with Gasteiger partial charge in [-0.15, -0.1) is 10.2 Å². The summed E-state index contributed by atoms with van der Waals surface area (Å²) in [7, 11) is 0. The number of fused-ring (bicyclic) bond motifs is 1. The Kier molecular flexibility index (Phi) is 4.91. The highest BCUT2D eigenvalue weighted by Crippen LogP contribution is 2.39. The third-order valence-corrected chi connectivity index (χ3v) is 6.47. The number of benzene rings is 1. The number of aromatic nitrogens is 6. The van der Waals surface area contributed by atoms with E-state index in [-0.39, 0.29) is 17.5 Å². The van der Waals surface area contributed by atoms with E-state index in [1.165, 1.54) is 12.1 Å². The Bertz CT molecular complexity index is 1510. The first kappa shape index (κ1) is 21.2. The van der Waals surface area contributed by atoms with Crippen LogP contribution < -0.4 is 5.32 Å². The van der Waals surface area contributed by atoms with Gasteiger partial charge in [-0.2, -0.15) is 0 Å². The predicted molar refractivity (Wildman–Crippen MR) is 125 cm³/mol. The topological polar surface area (TPSA) is 94.9 Å². The lowest BCUT2D eigenvalue weighted by atomic mass is 10.1. The summed E-state index contributed by atoms with van der Waals surface area (Å²) >= 11 is 0. The largest absolute Gasteiger partial charge is 0.306 e. The van der Waals surface area contributed by atoms with E-state index in [2.05, 4.69) is 30.3 Å². The monoisotopic (exact) mass is 468 g/mol. The zero-order chi connectivity index (χ0) is 24.1. The van der Waals surface area contributed by atoms with Gasteiger partial charge in [-0.3, -0.25) is 9.64 Å².